The van der Waals surface area contributed by atoms with Gasteiger partial charge in [-0.3, -0.25) is 0 Å². The first kappa shape index (κ1) is 9.07. The molecule has 0 N–H and O–H groups in total. The van der Waals surface area contributed by atoms with Crippen molar-refractivity contribution in [2.24, 2.45) is 0 Å². The fraction of sp³-hybridized carbons (Fsp3) is 0.222. The fourth-order valence-corrected chi connectivity index (χ4v) is 1.17. The largest absolute Gasteiger partial charge is 0.414 e. The second-order valence-electron chi connectivity index (χ2n) is 2.66. The molecule has 0 aliphatic rings. The van der Waals surface area contributed by atoms with Crippen molar-refractivity contribution in [1.29, 1.82) is 0 Å². The van der Waals surface area contributed by atoms with E-state index in [0.29, 0.717) is 5.75 Å². The van der Waals surface area contributed by atoms with E-state index in [1.807, 2.05) is 19.9 Å². The minimum atomic E-state index is -0.806. The van der Waals surface area contributed by atoms with Gasteiger partial charge in [0.05, 0.1) is 0 Å². The van der Waals surface area contributed by atoms with Crippen LogP contribution in [0.4, 0.5) is 4.79 Å². The average Bonchev–Trinajstić information content (AvgIpc) is 1.81. The zero-order chi connectivity index (χ0) is 9.14. The third kappa shape index (κ3) is 2.55. The lowest BCUT2D eigenvalue weighted by molar-refractivity contribution is 0.225. The lowest BCUT2D eigenvalue weighted by Crippen LogP contribution is -1.96. The van der Waals surface area contributed by atoms with Crippen LogP contribution in [0.1, 0.15) is 11.1 Å². The normalized spacial score (nSPS) is 9.58. The standard InChI is InChI=1S/C9H9ClO2/c1-6-3-7(2)5-8(4-6)12-9(10)11/h3-5H,1-2H3. The van der Waals surface area contributed by atoms with Crippen molar-refractivity contribution >= 4 is 17.0 Å². The van der Waals surface area contributed by atoms with Gasteiger partial charge in [0.1, 0.15) is 5.75 Å². The van der Waals surface area contributed by atoms with Gasteiger partial charge >= 0.3 is 5.43 Å². The maximum atomic E-state index is 10.4. The van der Waals surface area contributed by atoms with Crippen molar-refractivity contribution in [3.8, 4) is 5.75 Å². The zero-order valence-electron chi connectivity index (χ0n) is 6.93. The first-order valence-corrected chi connectivity index (χ1v) is 3.91. The van der Waals surface area contributed by atoms with Crippen LogP contribution in [0.2, 0.25) is 0 Å². The molecule has 0 atom stereocenters. The van der Waals surface area contributed by atoms with Crippen LogP contribution in [0.3, 0.4) is 0 Å². The van der Waals surface area contributed by atoms with Crippen molar-refractivity contribution in [2.75, 3.05) is 0 Å². The maximum Gasteiger partial charge on any atom is 0.409 e. The molecular weight excluding hydrogens is 176 g/mol. The molecule has 12 heavy (non-hydrogen) atoms. The SMILES string of the molecule is Cc1cc(C)cc(OC(=O)Cl)c1. The van der Waals surface area contributed by atoms with Crippen LogP contribution in [0.25, 0.3) is 0 Å². The molecule has 0 radical (unpaired) electrons. The van der Waals surface area contributed by atoms with Gasteiger partial charge < -0.3 is 4.74 Å². The quantitative estimate of drug-likeness (QED) is 0.627. The number of carbonyl (C=O) groups excluding carboxylic acids is 1. The van der Waals surface area contributed by atoms with E-state index in [0.717, 1.165) is 11.1 Å². The van der Waals surface area contributed by atoms with Crippen LogP contribution in [0.5, 0.6) is 5.75 Å². The summed E-state index contributed by atoms with van der Waals surface area (Å²) in [6.45, 7) is 3.86. The number of carbonyl (C=O) groups is 1. The van der Waals surface area contributed by atoms with E-state index in [9.17, 15) is 4.79 Å². The van der Waals surface area contributed by atoms with Crippen molar-refractivity contribution in [2.45, 2.75) is 13.8 Å². The van der Waals surface area contributed by atoms with Gasteiger partial charge in [-0.25, -0.2) is 4.79 Å². The van der Waals surface area contributed by atoms with Gasteiger partial charge in [0.25, 0.3) is 0 Å². The number of benzene rings is 1. The highest BCUT2D eigenvalue weighted by molar-refractivity contribution is 6.61. The third-order valence-corrected chi connectivity index (χ3v) is 1.47. The van der Waals surface area contributed by atoms with E-state index in [2.05, 4.69) is 0 Å². The molecule has 3 heteroatoms. The molecule has 1 aromatic carbocycles. The Kier molecular flexibility index (Phi) is 2.71. The second kappa shape index (κ2) is 3.59. The minimum absolute atomic E-state index is 0.493. The number of hydrogen-bond acceptors (Lipinski definition) is 2. The third-order valence-electron chi connectivity index (χ3n) is 1.39. The Labute approximate surface area is 76.1 Å². The van der Waals surface area contributed by atoms with E-state index in [-0.39, 0.29) is 0 Å². The predicted molar refractivity (Wildman–Crippen MR) is 47.8 cm³/mol. The van der Waals surface area contributed by atoms with Crippen molar-refractivity contribution in [3.63, 3.8) is 0 Å². The molecule has 0 bridgehead atoms. The molecule has 0 saturated carbocycles. The van der Waals surface area contributed by atoms with E-state index in [4.69, 9.17) is 16.3 Å². The van der Waals surface area contributed by atoms with E-state index < -0.39 is 5.43 Å². The topological polar surface area (TPSA) is 26.3 Å². The van der Waals surface area contributed by atoms with Gasteiger partial charge in [-0.1, -0.05) is 6.07 Å². The number of hydrogen-bond donors (Lipinski definition) is 0. The Morgan fingerprint density at radius 1 is 1.25 bits per heavy atom. The average molecular weight is 185 g/mol. The van der Waals surface area contributed by atoms with Crippen molar-refractivity contribution in [3.05, 3.63) is 29.3 Å². The highest BCUT2D eigenvalue weighted by atomic mass is 35.5. The van der Waals surface area contributed by atoms with Gasteiger partial charge in [0.15, 0.2) is 0 Å². The molecule has 2 nitrogen and oxygen atoms in total. The molecule has 1 aromatic rings. The number of ether oxygens (including phenoxy) is 1. The van der Waals surface area contributed by atoms with E-state index in [1.54, 1.807) is 12.1 Å². The van der Waals surface area contributed by atoms with Crippen LogP contribution in [0.15, 0.2) is 18.2 Å². The lowest BCUT2D eigenvalue weighted by Gasteiger charge is -2.02. The molecule has 0 saturated heterocycles. The van der Waals surface area contributed by atoms with Crippen LogP contribution in [0, 0.1) is 13.8 Å². The lowest BCUT2D eigenvalue weighted by atomic mass is 10.1. The Hall–Kier alpha value is -1.02. The van der Waals surface area contributed by atoms with Gasteiger partial charge in [-0.15, -0.1) is 0 Å². The Morgan fingerprint density at radius 3 is 2.17 bits per heavy atom. The second-order valence-corrected chi connectivity index (χ2v) is 2.97. The predicted octanol–water partition coefficient (Wildman–Crippen LogP) is 3.04. The van der Waals surface area contributed by atoms with E-state index >= 15 is 0 Å². The van der Waals surface area contributed by atoms with E-state index in [1.165, 1.54) is 0 Å². The summed E-state index contributed by atoms with van der Waals surface area (Å²) in [7, 11) is 0. The summed E-state index contributed by atoms with van der Waals surface area (Å²) in [5, 5.41) is 0. The molecule has 0 aliphatic carbocycles. The summed E-state index contributed by atoms with van der Waals surface area (Å²) in [4.78, 5) is 10.4. The number of rotatable bonds is 1. The van der Waals surface area contributed by atoms with Gasteiger partial charge in [-0.05, 0) is 37.1 Å². The summed E-state index contributed by atoms with van der Waals surface area (Å²) in [6, 6.07) is 5.51. The first-order chi connectivity index (χ1) is 5.58. The smallest absolute Gasteiger partial charge is 0.409 e. The fourth-order valence-electron chi connectivity index (χ4n) is 1.08. The summed E-state index contributed by atoms with van der Waals surface area (Å²) in [5.41, 5.74) is 1.28. The monoisotopic (exact) mass is 184 g/mol. The summed E-state index contributed by atoms with van der Waals surface area (Å²) in [5.74, 6) is 0.493. The molecule has 0 spiro atoms. The highest BCUT2D eigenvalue weighted by Crippen LogP contribution is 2.16. The Bertz CT molecular complexity index is 287. The Morgan fingerprint density at radius 2 is 1.75 bits per heavy atom. The van der Waals surface area contributed by atoms with Crippen molar-refractivity contribution < 1.29 is 9.53 Å². The molecule has 0 aromatic heterocycles. The maximum absolute atomic E-state index is 10.4. The van der Waals surface area contributed by atoms with Crippen LogP contribution < -0.4 is 4.74 Å². The zero-order valence-corrected chi connectivity index (χ0v) is 7.68. The number of aryl methyl sites for hydroxylation is 2. The van der Waals surface area contributed by atoms with Crippen molar-refractivity contribution in [1.82, 2.24) is 0 Å². The molecule has 1 rings (SSSR count). The molecule has 0 fully saturated rings. The van der Waals surface area contributed by atoms with Gasteiger partial charge in [0, 0.05) is 11.6 Å². The summed E-state index contributed by atoms with van der Waals surface area (Å²) < 4.78 is 4.70. The number of halogens is 1. The minimum Gasteiger partial charge on any atom is -0.414 e. The summed E-state index contributed by atoms with van der Waals surface area (Å²) in [6.07, 6.45) is 0. The Balaban J connectivity index is 2.93. The molecule has 0 unspecified atom stereocenters. The van der Waals surface area contributed by atoms with Crippen LogP contribution in [-0.4, -0.2) is 5.43 Å². The van der Waals surface area contributed by atoms with Gasteiger partial charge in [0.2, 0.25) is 0 Å². The summed E-state index contributed by atoms with van der Waals surface area (Å²) >= 11 is 5.06. The molecule has 0 heterocycles. The first-order valence-electron chi connectivity index (χ1n) is 3.53. The molecule has 0 aliphatic heterocycles. The molecule has 64 valence electrons. The molecular formula is C9H9ClO2. The molecule has 0 amide bonds. The highest BCUT2D eigenvalue weighted by Gasteiger charge is 2.00. The van der Waals surface area contributed by atoms with Crippen LogP contribution >= 0.6 is 11.6 Å². The van der Waals surface area contributed by atoms with Crippen LogP contribution in [-0.2, 0) is 0 Å². The van der Waals surface area contributed by atoms with Gasteiger partial charge in [-0.2, -0.15) is 0 Å².